The summed E-state index contributed by atoms with van der Waals surface area (Å²) in [7, 11) is 0. The van der Waals surface area contributed by atoms with Crippen molar-refractivity contribution >= 4 is 5.91 Å². The number of rotatable bonds is 2. The molecule has 1 saturated carbocycles. The molecular weight excluding hydrogens is 206 g/mol. The largest absolute Gasteiger partial charge is 0.391 e. The Morgan fingerprint density at radius 3 is 2.88 bits per heavy atom. The van der Waals surface area contributed by atoms with Crippen LogP contribution in [0.1, 0.15) is 36.2 Å². The molecule has 16 heavy (non-hydrogen) atoms. The van der Waals surface area contributed by atoms with E-state index >= 15 is 0 Å². The SMILES string of the molecule is O=C(NC1CCCCC1O)c1cnccn1. The van der Waals surface area contributed by atoms with Crippen LogP contribution in [0.15, 0.2) is 18.6 Å². The molecule has 2 N–H and O–H groups in total. The molecule has 0 bridgehead atoms. The fraction of sp³-hybridized carbons (Fsp3) is 0.545. The highest BCUT2D eigenvalue weighted by Gasteiger charge is 2.25. The lowest BCUT2D eigenvalue weighted by Gasteiger charge is -2.28. The number of aliphatic hydroxyl groups is 1. The van der Waals surface area contributed by atoms with Crippen molar-refractivity contribution < 1.29 is 9.90 Å². The van der Waals surface area contributed by atoms with Crippen LogP contribution in [-0.2, 0) is 0 Å². The van der Waals surface area contributed by atoms with E-state index in [0.717, 1.165) is 25.7 Å². The molecule has 1 aliphatic carbocycles. The molecule has 1 aliphatic rings. The molecule has 0 radical (unpaired) electrons. The first-order valence-electron chi connectivity index (χ1n) is 5.52. The maximum Gasteiger partial charge on any atom is 0.271 e. The van der Waals surface area contributed by atoms with Crippen LogP contribution in [0, 0.1) is 0 Å². The molecule has 5 nitrogen and oxygen atoms in total. The van der Waals surface area contributed by atoms with Crippen molar-refractivity contribution in [3.05, 3.63) is 24.3 Å². The molecule has 5 heteroatoms. The summed E-state index contributed by atoms with van der Waals surface area (Å²) >= 11 is 0. The molecule has 0 aliphatic heterocycles. The Balaban J connectivity index is 1.96. The summed E-state index contributed by atoms with van der Waals surface area (Å²) in [5.41, 5.74) is 0.292. The number of amides is 1. The first-order valence-corrected chi connectivity index (χ1v) is 5.52. The van der Waals surface area contributed by atoms with Gasteiger partial charge in [-0.3, -0.25) is 9.78 Å². The molecular formula is C11H15N3O2. The van der Waals surface area contributed by atoms with Crippen molar-refractivity contribution in [1.82, 2.24) is 15.3 Å². The maximum absolute atomic E-state index is 11.7. The number of carbonyl (C=O) groups excluding carboxylic acids is 1. The van der Waals surface area contributed by atoms with E-state index in [0.29, 0.717) is 5.69 Å². The number of hydrogen-bond acceptors (Lipinski definition) is 4. The van der Waals surface area contributed by atoms with Crippen molar-refractivity contribution in [3.63, 3.8) is 0 Å². The summed E-state index contributed by atoms with van der Waals surface area (Å²) in [6, 6.07) is -0.150. The van der Waals surface area contributed by atoms with Crippen LogP contribution in [0.3, 0.4) is 0 Å². The Morgan fingerprint density at radius 2 is 2.19 bits per heavy atom. The zero-order valence-electron chi connectivity index (χ0n) is 8.97. The minimum atomic E-state index is -0.436. The van der Waals surface area contributed by atoms with E-state index < -0.39 is 6.10 Å². The molecule has 2 atom stereocenters. The van der Waals surface area contributed by atoms with Gasteiger partial charge in [0.1, 0.15) is 5.69 Å². The molecule has 1 aromatic rings. The molecule has 0 spiro atoms. The predicted molar refractivity (Wildman–Crippen MR) is 57.8 cm³/mol. The second-order valence-corrected chi connectivity index (χ2v) is 4.02. The van der Waals surface area contributed by atoms with Gasteiger partial charge in [0.05, 0.1) is 18.3 Å². The van der Waals surface area contributed by atoms with E-state index in [2.05, 4.69) is 15.3 Å². The third-order valence-electron chi connectivity index (χ3n) is 2.84. The van der Waals surface area contributed by atoms with E-state index in [1.165, 1.54) is 18.6 Å². The monoisotopic (exact) mass is 221 g/mol. The van der Waals surface area contributed by atoms with Crippen LogP contribution in [0.25, 0.3) is 0 Å². The lowest BCUT2D eigenvalue weighted by atomic mass is 9.92. The van der Waals surface area contributed by atoms with Crippen molar-refractivity contribution in [2.75, 3.05) is 0 Å². The van der Waals surface area contributed by atoms with Crippen molar-refractivity contribution in [3.8, 4) is 0 Å². The highest BCUT2D eigenvalue weighted by atomic mass is 16.3. The molecule has 0 saturated heterocycles. The average molecular weight is 221 g/mol. The molecule has 1 heterocycles. The molecule has 1 amide bonds. The van der Waals surface area contributed by atoms with Crippen LogP contribution >= 0.6 is 0 Å². The van der Waals surface area contributed by atoms with Crippen molar-refractivity contribution in [1.29, 1.82) is 0 Å². The van der Waals surface area contributed by atoms with Crippen LogP contribution in [-0.4, -0.2) is 33.1 Å². The first kappa shape index (κ1) is 11.0. The fourth-order valence-corrected chi connectivity index (χ4v) is 1.94. The maximum atomic E-state index is 11.7. The van der Waals surface area contributed by atoms with E-state index in [9.17, 15) is 9.90 Å². The summed E-state index contributed by atoms with van der Waals surface area (Å²) in [6.07, 6.45) is 7.64. The van der Waals surface area contributed by atoms with Crippen LogP contribution in [0.5, 0.6) is 0 Å². The molecule has 2 unspecified atom stereocenters. The van der Waals surface area contributed by atoms with Gasteiger partial charge in [0.15, 0.2) is 0 Å². The number of nitrogens with zero attached hydrogens (tertiary/aromatic N) is 2. The Morgan fingerprint density at radius 1 is 1.38 bits per heavy atom. The van der Waals surface area contributed by atoms with Gasteiger partial charge in [0.25, 0.3) is 5.91 Å². The summed E-state index contributed by atoms with van der Waals surface area (Å²) in [4.78, 5) is 19.5. The van der Waals surface area contributed by atoms with Gasteiger partial charge in [-0.2, -0.15) is 0 Å². The highest BCUT2D eigenvalue weighted by Crippen LogP contribution is 2.18. The third-order valence-corrected chi connectivity index (χ3v) is 2.84. The number of carbonyl (C=O) groups is 1. The minimum Gasteiger partial charge on any atom is -0.391 e. The Kier molecular flexibility index (Phi) is 3.46. The smallest absolute Gasteiger partial charge is 0.271 e. The summed E-state index contributed by atoms with van der Waals surface area (Å²) in [5, 5.41) is 12.5. The van der Waals surface area contributed by atoms with Crippen LogP contribution in [0.4, 0.5) is 0 Å². The Labute approximate surface area is 93.9 Å². The lowest BCUT2D eigenvalue weighted by molar-refractivity contribution is 0.0713. The first-order chi connectivity index (χ1) is 7.77. The fourth-order valence-electron chi connectivity index (χ4n) is 1.94. The number of hydrogen-bond donors (Lipinski definition) is 2. The van der Waals surface area contributed by atoms with Crippen LogP contribution in [0.2, 0.25) is 0 Å². The number of aromatic nitrogens is 2. The number of aliphatic hydroxyl groups excluding tert-OH is 1. The standard InChI is InChI=1S/C11H15N3O2/c15-10-4-2-1-3-8(10)14-11(16)9-7-12-5-6-13-9/h5-8,10,15H,1-4H2,(H,14,16). The van der Waals surface area contributed by atoms with Gasteiger partial charge in [0, 0.05) is 12.4 Å². The second kappa shape index (κ2) is 5.03. The van der Waals surface area contributed by atoms with E-state index in [1.54, 1.807) is 0 Å². The third kappa shape index (κ3) is 2.55. The highest BCUT2D eigenvalue weighted by molar-refractivity contribution is 5.92. The van der Waals surface area contributed by atoms with E-state index in [4.69, 9.17) is 0 Å². The summed E-state index contributed by atoms with van der Waals surface area (Å²) < 4.78 is 0. The number of nitrogens with one attached hydrogen (secondary N) is 1. The predicted octanol–water partition coefficient (Wildman–Crippen LogP) is 0.510. The normalized spacial score (nSPS) is 25.1. The summed E-state index contributed by atoms with van der Waals surface area (Å²) in [5.74, 6) is -0.265. The lowest BCUT2D eigenvalue weighted by Crippen LogP contribution is -2.45. The van der Waals surface area contributed by atoms with Gasteiger partial charge in [-0.1, -0.05) is 12.8 Å². The van der Waals surface area contributed by atoms with Gasteiger partial charge in [0.2, 0.25) is 0 Å². The van der Waals surface area contributed by atoms with Crippen LogP contribution < -0.4 is 5.32 Å². The zero-order valence-corrected chi connectivity index (χ0v) is 8.97. The Bertz CT molecular complexity index is 356. The van der Waals surface area contributed by atoms with Crippen molar-refractivity contribution in [2.45, 2.75) is 37.8 Å². The van der Waals surface area contributed by atoms with Gasteiger partial charge in [-0.15, -0.1) is 0 Å². The van der Waals surface area contributed by atoms with E-state index in [-0.39, 0.29) is 11.9 Å². The van der Waals surface area contributed by atoms with E-state index in [1.807, 2.05) is 0 Å². The average Bonchev–Trinajstić information content (AvgIpc) is 2.33. The molecule has 1 aromatic heterocycles. The van der Waals surface area contributed by atoms with Gasteiger partial charge < -0.3 is 10.4 Å². The summed E-state index contributed by atoms with van der Waals surface area (Å²) in [6.45, 7) is 0. The zero-order chi connectivity index (χ0) is 11.4. The minimum absolute atomic E-state index is 0.150. The molecule has 86 valence electrons. The van der Waals surface area contributed by atoms with Gasteiger partial charge in [-0.05, 0) is 12.8 Å². The Hall–Kier alpha value is -1.49. The van der Waals surface area contributed by atoms with Gasteiger partial charge in [-0.25, -0.2) is 4.98 Å². The quantitative estimate of drug-likeness (QED) is 0.763. The molecule has 1 fully saturated rings. The topological polar surface area (TPSA) is 75.1 Å². The van der Waals surface area contributed by atoms with Crippen molar-refractivity contribution in [2.24, 2.45) is 0 Å². The molecule has 0 aromatic carbocycles. The van der Waals surface area contributed by atoms with Gasteiger partial charge >= 0.3 is 0 Å². The molecule has 2 rings (SSSR count). The second-order valence-electron chi connectivity index (χ2n) is 4.02.